The van der Waals surface area contributed by atoms with Crippen LogP contribution in [0.4, 0.5) is 0 Å². The summed E-state index contributed by atoms with van der Waals surface area (Å²) in [5, 5.41) is 4.45. The third-order valence-electron chi connectivity index (χ3n) is 2.66. The summed E-state index contributed by atoms with van der Waals surface area (Å²) >= 11 is 0. The Morgan fingerprint density at radius 1 is 1.67 bits per heavy atom. The lowest BCUT2D eigenvalue weighted by atomic mass is 10.2. The first-order valence-electron chi connectivity index (χ1n) is 4.49. The fourth-order valence-electron chi connectivity index (χ4n) is 1.94. The molecular weight excluding hydrogens is 150 g/mol. The second-order valence-electron chi connectivity index (χ2n) is 3.45. The van der Waals surface area contributed by atoms with Gasteiger partial charge in [-0.25, -0.2) is 0 Å². The van der Waals surface area contributed by atoms with Crippen molar-refractivity contribution >= 4 is 0 Å². The molecule has 0 amide bonds. The van der Waals surface area contributed by atoms with E-state index in [2.05, 4.69) is 30.0 Å². The summed E-state index contributed by atoms with van der Waals surface area (Å²) in [5.74, 6) is 0. The number of hydrogen-bond donors (Lipinski definition) is 0. The first-order valence-corrected chi connectivity index (χ1v) is 4.49. The highest BCUT2D eigenvalue weighted by Gasteiger charge is 2.27. The van der Waals surface area contributed by atoms with Crippen LogP contribution in [0.1, 0.15) is 31.1 Å². The van der Waals surface area contributed by atoms with Gasteiger partial charge in [0.2, 0.25) is 0 Å². The van der Waals surface area contributed by atoms with Crippen molar-refractivity contribution < 1.29 is 0 Å². The van der Waals surface area contributed by atoms with Gasteiger partial charge in [0.15, 0.2) is 0 Å². The molecule has 0 spiro atoms. The fraction of sp³-hybridized carbons (Fsp3) is 0.667. The van der Waals surface area contributed by atoms with Gasteiger partial charge < -0.3 is 0 Å². The molecule has 0 aromatic carbocycles. The average Bonchev–Trinajstić information content (AvgIpc) is 2.51. The molecule has 0 aliphatic carbocycles. The van der Waals surface area contributed by atoms with Crippen molar-refractivity contribution in [2.45, 2.75) is 26.4 Å². The predicted octanol–water partition coefficient (Wildman–Crippen LogP) is 1.32. The van der Waals surface area contributed by atoms with Crippen LogP contribution in [-0.2, 0) is 13.6 Å². The fourth-order valence-corrected chi connectivity index (χ4v) is 1.94. The maximum absolute atomic E-state index is 4.45. The van der Waals surface area contributed by atoms with Gasteiger partial charge in [-0.3, -0.25) is 9.58 Å². The van der Waals surface area contributed by atoms with Gasteiger partial charge in [-0.2, -0.15) is 5.10 Å². The standard InChI is InChI=1S/C9H15N3/c1-4-12-6-8-5-11(3)10-9(8)7(12)2/h5,7H,4,6H2,1-3H3/t7-/m0/s1. The van der Waals surface area contributed by atoms with Gasteiger partial charge in [0, 0.05) is 25.4 Å². The van der Waals surface area contributed by atoms with E-state index >= 15 is 0 Å². The molecule has 3 heteroatoms. The normalized spacial score (nSPS) is 23.1. The Bertz CT molecular complexity index is 290. The van der Waals surface area contributed by atoms with Crippen LogP contribution < -0.4 is 0 Å². The van der Waals surface area contributed by atoms with E-state index in [1.807, 2.05) is 11.7 Å². The van der Waals surface area contributed by atoms with Crippen molar-refractivity contribution in [3.8, 4) is 0 Å². The lowest BCUT2D eigenvalue weighted by molar-refractivity contribution is 0.237. The minimum absolute atomic E-state index is 0.506. The molecule has 1 aliphatic rings. The van der Waals surface area contributed by atoms with Gasteiger partial charge in [0.05, 0.1) is 11.7 Å². The quantitative estimate of drug-likeness (QED) is 0.625. The summed E-state index contributed by atoms with van der Waals surface area (Å²) in [6.07, 6.45) is 2.13. The van der Waals surface area contributed by atoms with Crippen LogP contribution in [0.5, 0.6) is 0 Å². The SMILES string of the molecule is CCN1Cc2cn(C)nc2[C@@H]1C. The van der Waals surface area contributed by atoms with Crippen molar-refractivity contribution in [1.82, 2.24) is 14.7 Å². The van der Waals surface area contributed by atoms with Crippen LogP contribution in [0.2, 0.25) is 0 Å². The van der Waals surface area contributed by atoms with Gasteiger partial charge in [-0.1, -0.05) is 6.92 Å². The Morgan fingerprint density at radius 3 is 3.00 bits per heavy atom. The maximum Gasteiger partial charge on any atom is 0.0838 e. The van der Waals surface area contributed by atoms with Crippen LogP contribution in [0.15, 0.2) is 6.20 Å². The second kappa shape index (κ2) is 2.59. The second-order valence-corrected chi connectivity index (χ2v) is 3.45. The molecule has 3 nitrogen and oxygen atoms in total. The van der Waals surface area contributed by atoms with E-state index in [0.717, 1.165) is 13.1 Å². The van der Waals surface area contributed by atoms with E-state index in [1.54, 1.807) is 0 Å². The molecule has 2 heterocycles. The molecule has 0 radical (unpaired) electrons. The predicted molar refractivity (Wildman–Crippen MR) is 47.7 cm³/mol. The molecule has 0 N–H and O–H groups in total. The number of nitrogens with zero attached hydrogens (tertiary/aromatic N) is 3. The van der Waals surface area contributed by atoms with Gasteiger partial charge in [-0.15, -0.1) is 0 Å². The van der Waals surface area contributed by atoms with Crippen molar-refractivity contribution in [3.05, 3.63) is 17.5 Å². The number of fused-ring (bicyclic) bond motifs is 1. The molecule has 0 saturated heterocycles. The molecule has 1 atom stereocenters. The lowest BCUT2D eigenvalue weighted by Crippen LogP contribution is -2.20. The molecule has 1 aromatic rings. The zero-order valence-electron chi connectivity index (χ0n) is 7.91. The lowest BCUT2D eigenvalue weighted by Gasteiger charge is -2.18. The molecule has 12 heavy (non-hydrogen) atoms. The van der Waals surface area contributed by atoms with E-state index in [-0.39, 0.29) is 0 Å². The van der Waals surface area contributed by atoms with E-state index in [1.165, 1.54) is 11.3 Å². The van der Waals surface area contributed by atoms with Crippen molar-refractivity contribution in [2.75, 3.05) is 6.54 Å². The summed E-state index contributed by atoms with van der Waals surface area (Å²) in [6, 6.07) is 0.506. The van der Waals surface area contributed by atoms with Gasteiger partial charge in [0.1, 0.15) is 0 Å². The Labute approximate surface area is 73.0 Å². The van der Waals surface area contributed by atoms with Crippen LogP contribution in [0.3, 0.4) is 0 Å². The van der Waals surface area contributed by atoms with Crippen molar-refractivity contribution in [2.24, 2.45) is 7.05 Å². The number of hydrogen-bond acceptors (Lipinski definition) is 2. The van der Waals surface area contributed by atoms with Crippen LogP contribution in [0.25, 0.3) is 0 Å². The van der Waals surface area contributed by atoms with Crippen molar-refractivity contribution in [1.29, 1.82) is 0 Å². The Kier molecular flexibility index (Phi) is 1.68. The maximum atomic E-state index is 4.45. The third kappa shape index (κ3) is 0.966. The van der Waals surface area contributed by atoms with Crippen molar-refractivity contribution in [3.63, 3.8) is 0 Å². The van der Waals surface area contributed by atoms with Gasteiger partial charge >= 0.3 is 0 Å². The number of aryl methyl sites for hydroxylation is 1. The average molecular weight is 165 g/mol. The van der Waals surface area contributed by atoms with Crippen LogP contribution in [-0.4, -0.2) is 21.2 Å². The highest BCUT2D eigenvalue weighted by Crippen LogP contribution is 2.30. The number of rotatable bonds is 1. The molecule has 66 valence electrons. The zero-order valence-corrected chi connectivity index (χ0v) is 7.91. The Hall–Kier alpha value is -0.830. The molecular formula is C9H15N3. The topological polar surface area (TPSA) is 21.1 Å². The molecule has 0 unspecified atom stereocenters. The molecule has 1 aromatic heterocycles. The number of aromatic nitrogens is 2. The minimum atomic E-state index is 0.506. The first kappa shape index (κ1) is 7.80. The van der Waals surface area contributed by atoms with Gasteiger partial charge in [0.25, 0.3) is 0 Å². The monoisotopic (exact) mass is 165 g/mol. The zero-order chi connectivity index (χ0) is 8.72. The highest BCUT2D eigenvalue weighted by molar-refractivity contribution is 5.24. The molecule has 0 fully saturated rings. The summed E-state index contributed by atoms with van der Waals surface area (Å²) in [4.78, 5) is 2.43. The minimum Gasteiger partial charge on any atom is -0.291 e. The molecule has 0 bridgehead atoms. The third-order valence-corrected chi connectivity index (χ3v) is 2.66. The van der Waals surface area contributed by atoms with Crippen LogP contribution in [0, 0.1) is 0 Å². The van der Waals surface area contributed by atoms with E-state index < -0.39 is 0 Å². The smallest absolute Gasteiger partial charge is 0.0838 e. The highest BCUT2D eigenvalue weighted by atomic mass is 15.3. The van der Waals surface area contributed by atoms with Crippen LogP contribution >= 0.6 is 0 Å². The molecule has 2 rings (SSSR count). The molecule has 1 aliphatic heterocycles. The largest absolute Gasteiger partial charge is 0.291 e. The molecule has 0 saturated carbocycles. The first-order chi connectivity index (χ1) is 5.72. The summed E-state index contributed by atoms with van der Waals surface area (Å²) < 4.78 is 1.91. The van der Waals surface area contributed by atoms with E-state index in [4.69, 9.17) is 0 Å². The Morgan fingerprint density at radius 2 is 2.42 bits per heavy atom. The van der Waals surface area contributed by atoms with E-state index in [0.29, 0.717) is 6.04 Å². The summed E-state index contributed by atoms with van der Waals surface area (Å²) in [5.41, 5.74) is 2.66. The Balaban J connectivity index is 2.32. The van der Waals surface area contributed by atoms with Gasteiger partial charge in [-0.05, 0) is 13.5 Å². The van der Waals surface area contributed by atoms with E-state index in [9.17, 15) is 0 Å². The summed E-state index contributed by atoms with van der Waals surface area (Å²) in [7, 11) is 1.99. The summed E-state index contributed by atoms with van der Waals surface area (Å²) in [6.45, 7) is 6.60.